The molecule has 3 aromatic carbocycles. The molecule has 2 N–H and O–H groups in total. The average Bonchev–Trinajstić information content (AvgIpc) is 2.73. The highest BCUT2D eigenvalue weighted by molar-refractivity contribution is 7.92. The fourth-order valence-electron chi connectivity index (χ4n) is 3.30. The van der Waals surface area contributed by atoms with E-state index in [1.54, 1.807) is 24.3 Å². The first-order valence-corrected chi connectivity index (χ1v) is 13.3. The first-order chi connectivity index (χ1) is 15.0. The molecule has 0 fully saturated rings. The molecular weight excluding hydrogens is 482 g/mol. The number of nitrogens with two attached hydrogens (primary N) is 1. The van der Waals surface area contributed by atoms with Crippen LogP contribution in [0.2, 0.25) is 0 Å². The molecule has 0 saturated heterocycles. The number of hydrogen-bond donors (Lipinski definition) is 1. The van der Waals surface area contributed by atoms with E-state index in [9.17, 15) is 21.6 Å². The number of anilines is 1. The van der Waals surface area contributed by atoms with E-state index in [0.717, 1.165) is 11.1 Å². The third kappa shape index (κ3) is 6.66. The molecule has 0 aromatic heterocycles. The lowest BCUT2D eigenvalue weighted by atomic mass is 10.0. The molecule has 6 nitrogen and oxygen atoms in total. The van der Waals surface area contributed by atoms with Gasteiger partial charge in [-0.1, -0.05) is 35.4 Å². The molecular formula is C24H26ClNO5S2. The fourth-order valence-corrected chi connectivity index (χ4v) is 6.53. The average molecular weight is 508 g/mol. The summed E-state index contributed by atoms with van der Waals surface area (Å²) in [5.41, 5.74) is 8.11. The first-order valence-electron chi connectivity index (χ1n) is 9.96. The van der Waals surface area contributed by atoms with Crippen molar-refractivity contribution in [1.29, 1.82) is 0 Å². The highest BCUT2D eigenvalue weighted by atomic mass is 35.5. The Morgan fingerprint density at radius 1 is 0.697 bits per heavy atom. The second kappa shape index (κ2) is 10.5. The van der Waals surface area contributed by atoms with Crippen molar-refractivity contribution in [3.8, 4) is 0 Å². The fraction of sp³-hybridized carbons (Fsp3) is 0.208. The first kappa shape index (κ1) is 26.6. The predicted octanol–water partition coefficient (Wildman–Crippen LogP) is 4.05. The molecule has 0 radical (unpaired) electrons. The Hall–Kier alpha value is -2.68. The van der Waals surface area contributed by atoms with Gasteiger partial charge >= 0.3 is 0 Å². The number of carbonyl (C=O) groups excluding carboxylic acids is 1. The van der Waals surface area contributed by atoms with Crippen molar-refractivity contribution < 1.29 is 21.6 Å². The van der Waals surface area contributed by atoms with Gasteiger partial charge in [0.15, 0.2) is 25.5 Å². The van der Waals surface area contributed by atoms with Gasteiger partial charge in [-0.05, 0) is 62.4 Å². The van der Waals surface area contributed by atoms with Crippen molar-refractivity contribution in [3.05, 3.63) is 89.5 Å². The molecule has 0 heterocycles. The second-order valence-corrected chi connectivity index (χ2v) is 11.9. The molecule has 9 heteroatoms. The lowest BCUT2D eigenvalue weighted by molar-refractivity contribution is 0.0942. The zero-order valence-corrected chi connectivity index (χ0v) is 20.7. The Balaban J connectivity index is 0.00000385. The minimum Gasteiger partial charge on any atom is -0.399 e. The van der Waals surface area contributed by atoms with E-state index in [-0.39, 0.29) is 27.8 Å². The van der Waals surface area contributed by atoms with Crippen LogP contribution in [0.25, 0.3) is 0 Å². The molecule has 0 atom stereocenters. The molecule has 0 unspecified atom stereocenters. The van der Waals surface area contributed by atoms with Gasteiger partial charge in [0.2, 0.25) is 0 Å². The van der Waals surface area contributed by atoms with E-state index in [1.807, 2.05) is 13.8 Å². The third-order valence-electron chi connectivity index (χ3n) is 5.17. The highest BCUT2D eigenvalue weighted by Crippen LogP contribution is 2.23. The lowest BCUT2D eigenvalue weighted by Gasteiger charge is -2.17. The Kier molecular flexibility index (Phi) is 8.46. The number of Topliss-reactive ketones (excluding diaryl/α,β-unsaturated/α-hetero) is 1. The van der Waals surface area contributed by atoms with Gasteiger partial charge in [-0.25, -0.2) is 16.8 Å². The molecule has 0 bridgehead atoms. The summed E-state index contributed by atoms with van der Waals surface area (Å²) in [7, 11) is -7.82. The van der Waals surface area contributed by atoms with Gasteiger partial charge < -0.3 is 5.73 Å². The van der Waals surface area contributed by atoms with Gasteiger partial charge in [0, 0.05) is 11.3 Å². The molecule has 0 amide bonds. The Morgan fingerprint density at radius 2 is 1.06 bits per heavy atom. The largest absolute Gasteiger partial charge is 0.399 e. The van der Waals surface area contributed by atoms with E-state index in [1.165, 1.54) is 48.5 Å². The molecule has 3 rings (SSSR count). The van der Waals surface area contributed by atoms with Gasteiger partial charge in [0.05, 0.1) is 27.2 Å². The lowest BCUT2D eigenvalue weighted by Crippen LogP contribution is -2.31. The zero-order valence-electron chi connectivity index (χ0n) is 18.3. The molecule has 0 spiro atoms. The van der Waals surface area contributed by atoms with Crippen LogP contribution in [0.5, 0.6) is 0 Å². The monoisotopic (exact) mass is 507 g/mol. The maximum Gasteiger partial charge on any atom is 0.179 e. The van der Waals surface area contributed by atoms with Gasteiger partial charge in [0.25, 0.3) is 0 Å². The summed E-state index contributed by atoms with van der Waals surface area (Å²) in [4.78, 5) is 13.3. The van der Waals surface area contributed by atoms with Crippen LogP contribution in [0.1, 0.15) is 21.5 Å². The summed E-state index contributed by atoms with van der Waals surface area (Å²) in [6.45, 7) is 3.66. The van der Waals surface area contributed by atoms with Crippen LogP contribution in [-0.2, 0) is 19.7 Å². The summed E-state index contributed by atoms with van der Waals surface area (Å²) >= 11 is 0. The number of halogens is 1. The van der Waals surface area contributed by atoms with Crippen molar-refractivity contribution in [2.24, 2.45) is 5.92 Å². The number of benzene rings is 3. The maximum absolute atomic E-state index is 13.2. The van der Waals surface area contributed by atoms with Gasteiger partial charge in [-0.3, -0.25) is 4.79 Å². The van der Waals surface area contributed by atoms with E-state index in [2.05, 4.69) is 0 Å². The molecule has 0 aliphatic heterocycles. The van der Waals surface area contributed by atoms with E-state index in [0.29, 0.717) is 5.69 Å². The summed E-state index contributed by atoms with van der Waals surface area (Å²) in [6.07, 6.45) is 0. The van der Waals surface area contributed by atoms with Crippen molar-refractivity contribution in [3.63, 3.8) is 0 Å². The quantitative estimate of drug-likeness (QED) is 0.363. The van der Waals surface area contributed by atoms with Crippen LogP contribution in [0.15, 0.2) is 82.6 Å². The van der Waals surface area contributed by atoms with Crippen LogP contribution in [0.3, 0.4) is 0 Å². The number of nitrogen functional groups attached to an aromatic ring is 1. The van der Waals surface area contributed by atoms with Crippen LogP contribution >= 0.6 is 12.4 Å². The summed E-state index contributed by atoms with van der Waals surface area (Å²) in [5, 5.41) is 0. The number of rotatable bonds is 8. The maximum atomic E-state index is 13.2. The van der Waals surface area contributed by atoms with Crippen molar-refractivity contribution >= 4 is 43.6 Å². The molecule has 0 saturated carbocycles. The Bertz CT molecular complexity index is 1240. The van der Waals surface area contributed by atoms with Crippen LogP contribution in [0.4, 0.5) is 5.69 Å². The van der Waals surface area contributed by atoms with E-state index >= 15 is 0 Å². The summed E-state index contributed by atoms with van der Waals surface area (Å²) in [6, 6.07) is 18.5. The third-order valence-corrected chi connectivity index (χ3v) is 8.83. The van der Waals surface area contributed by atoms with Gasteiger partial charge in [-0.2, -0.15) is 0 Å². The van der Waals surface area contributed by atoms with Crippen LogP contribution in [-0.4, -0.2) is 34.1 Å². The number of aryl methyl sites for hydroxylation is 2. The normalized spacial score (nSPS) is 11.7. The van der Waals surface area contributed by atoms with E-state index < -0.39 is 42.9 Å². The summed E-state index contributed by atoms with van der Waals surface area (Å²) < 4.78 is 52.2. The SMILES string of the molecule is Cc1ccc(S(=O)(=O)CC(CS(=O)(=O)c2ccc(C)cc2)C(=O)c2ccc(N)cc2)cc1.Cl. The molecule has 33 heavy (non-hydrogen) atoms. The number of hydrogen-bond acceptors (Lipinski definition) is 6. The van der Waals surface area contributed by atoms with Gasteiger partial charge in [0.1, 0.15) is 0 Å². The summed E-state index contributed by atoms with van der Waals surface area (Å²) in [5.74, 6) is -3.08. The smallest absolute Gasteiger partial charge is 0.179 e. The standard InChI is InChI=1S/C24H25NO5S2.ClH/c1-17-3-11-22(12-4-17)31(27,28)15-20(24(26)19-7-9-21(25)10-8-19)16-32(29,30)23-13-5-18(2)6-14-23;/h3-14,20H,15-16,25H2,1-2H3;1H. The minimum atomic E-state index is -3.91. The molecule has 0 aliphatic carbocycles. The number of ketones is 1. The predicted molar refractivity (Wildman–Crippen MR) is 132 cm³/mol. The van der Waals surface area contributed by atoms with Gasteiger partial charge in [-0.15, -0.1) is 12.4 Å². The second-order valence-electron chi connectivity index (χ2n) is 7.87. The number of sulfone groups is 2. The van der Waals surface area contributed by atoms with Crippen LogP contribution < -0.4 is 5.73 Å². The topological polar surface area (TPSA) is 111 Å². The van der Waals surface area contributed by atoms with Crippen LogP contribution in [0, 0.1) is 19.8 Å². The van der Waals surface area contributed by atoms with Crippen molar-refractivity contribution in [2.75, 3.05) is 17.2 Å². The molecule has 3 aromatic rings. The Labute approximate surface area is 201 Å². The molecule has 176 valence electrons. The number of carbonyl (C=O) groups is 1. The Morgan fingerprint density at radius 3 is 1.42 bits per heavy atom. The minimum absolute atomic E-state index is 0. The van der Waals surface area contributed by atoms with E-state index in [4.69, 9.17) is 5.73 Å². The highest BCUT2D eigenvalue weighted by Gasteiger charge is 2.32. The molecule has 0 aliphatic rings. The van der Waals surface area contributed by atoms with Crippen molar-refractivity contribution in [1.82, 2.24) is 0 Å². The van der Waals surface area contributed by atoms with Crippen molar-refractivity contribution in [2.45, 2.75) is 23.6 Å². The zero-order chi connectivity index (χ0) is 23.5.